The molecule has 3 N–H and O–H groups in total. The average molecular weight is 444 g/mol. The van der Waals surface area contributed by atoms with Crippen molar-refractivity contribution in [1.82, 2.24) is 20.3 Å². The number of carbonyl (C=O) groups is 1. The summed E-state index contributed by atoms with van der Waals surface area (Å²) in [5.41, 5.74) is 4.17. The number of phenolic OH excluding ortho intramolecular Hbond substituents is 1. The lowest BCUT2D eigenvalue weighted by Crippen LogP contribution is -2.38. The van der Waals surface area contributed by atoms with E-state index in [-0.39, 0.29) is 17.7 Å². The van der Waals surface area contributed by atoms with E-state index in [9.17, 15) is 9.90 Å². The van der Waals surface area contributed by atoms with Crippen molar-refractivity contribution < 1.29 is 19.4 Å². The zero-order chi connectivity index (χ0) is 22.8. The quantitative estimate of drug-likeness (QED) is 0.431. The molecular weight excluding hydrogens is 420 g/mol. The number of amides is 1. The Bertz CT molecular complexity index is 1310. The number of imidazole rings is 1. The minimum absolute atomic E-state index is 0.0955. The van der Waals surface area contributed by atoms with Crippen LogP contribution in [0.15, 0.2) is 54.7 Å². The Hall–Kier alpha value is -3.91. The van der Waals surface area contributed by atoms with E-state index in [1.807, 2.05) is 18.2 Å². The number of H-pyrrole nitrogens is 1. The number of carbonyl (C=O) groups excluding carboxylic acids is 1. The summed E-state index contributed by atoms with van der Waals surface area (Å²) in [6, 6.07) is 14.5. The molecule has 0 aliphatic carbocycles. The topological polar surface area (TPSA) is 109 Å². The molecule has 2 aromatic carbocycles. The summed E-state index contributed by atoms with van der Waals surface area (Å²) < 4.78 is 10.7. The minimum atomic E-state index is -0.117. The standard InChI is InChI=1S/C25H24N4O4/c1-32-25-18(3-2-10-26-25)15-5-7-22(30)19(13-15)23-28-20-6-4-16(14-21(20)29-23)24(31)27-17-8-11-33-12-9-17/h2-7,10,13-14,17,30H,8-9,11-12H2,1H3,(H,27,31)(H,28,29). The number of ether oxygens (including phenoxy) is 2. The summed E-state index contributed by atoms with van der Waals surface area (Å²) in [5, 5.41) is 13.6. The average Bonchev–Trinajstić information content (AvgIpc) is 3.28. The molecule has 5 rings (SSSR count). The summed E-state index contributed by atoms with van der Waals surface area (Å²) in [7, 11) is 1.57. The van der Waals surface area contributed by atoms with Gasteiger partial charge in [-0.3, -0.25) is 4.79 Å². The van der Waals surface area contributed by atoms with Crippen LogP contribution in [0.5, 0.6) is 11.6 Å². The number of aromatic hydroxyl groups is 1. The van der Waals surface area contributed by atoms with Crippen molar-refractivity contribution in [3.63, 3.8) is 0 Å². The molecule has 1 fully saturated rings. The minimum Gasteiger partial charge on any atom is -0.507 e. The molecule has 8 heteroatoms. The SMILES string of the molecule is COc1ncccc1-c1ccc(O)c(-c2nc3ccc(C(=O)NC4CCOCC4)cc3[nH]2)c1. The number of rotatable bonds is 5. The van der Waals surface area contributed by atoms with Crippen molar-refractivity contribution in [2.24, 2.45) is 0 Å². The van der Waals surface area contributed by atoms with E-state index in [0.29, 0.717) is 47.1 Å². The van der Waals surface area contributed by atoms with Crippen LogP contribution in [-0.2, 0) is 4.74 Å². The molecule has 1 aliphatic heterocycles. The number of aromatic amines is 1. The van der Waals surface area contributed by atoms with Gasteiger partial charge in [-0.2, -0.15) is 0 Å². The highest BCUT2D eigenvalue weighted by molar-refractivity contribution is 5.98. The Balaban J connectivity index is 1.46. The molecular formula is C25H24N4O4. The van der Waals surface area contributed by atoms with Gasteiger partial charge in [0.1, 0.15) is 11.6 Å². The van der Waals surface area contributed by atoms with E-state index in [0.717, 1.165) is 24.0 Å². The first-order chi connectivity index (χ1) is 16.1. The second-order valence-electron chi connectivity index (χ2n) is 7.97. The third kappa shape index (κ3) is 4.25. The first-order valence-corrected chi connectivity index (χ1v) is 10.8. The van der Waals surface area contributed by atoms with Crippen LogP contribution in [0, 0.1) is 0 Å². The number of phenols is 1. The Morgan fingerprint density at radius 3 is 2.82 bits per heavy atom. The van der Waals surface area contributed by atoms with Gasteiger partial charge in [-0.1, -0.05) is 6.07 Å². The van der Waals surface area contributed by atoms with Gasteiger partial charge in [0, 0.05) is 36.6 Å². The van der Waals surface area contributed by atoms with Crippen molar-refractivity contribution in [2.75, 3.05) is 20.3 Å². The van der Waals surface area contributed by atoms with Gasteiger partial charge in [-0.25, -0.2) is 9.97 Å². The van der Waals surface area contributed by atoms with Crippen molar-refractivity contribution in [1.29, 1.82) is 0 Å². The second kappa shape index (κ2) is 8.91. The monoisotopic (exact) mass is 444 g/mol. The number of pyridine rings is 1. The molecule has 2 aromatic heterocycles. The molecule has 1 saturated heterocycles. The molecule has 1 amide bonds. The van der Waals surface area contributed by atoms with Gasteiger partial charge >= 0.3 is 0 Å². The summed E-state index contributed by atoms with van der Waals surface area (Å²) in [5.74, 6) is 0.986. The molecule has 1 aliphatic rings. The maximum Gasteiger partial charge on any atom is 0.251 e. The maximum absolute atomic E-state index is 12.7. The summed E-state index contributed by atoms with van der Waals surface area (Å²) in [6.45, 7) is 1.34. The van der Waals surface area contributed by atoms with Crippen molar-refractivity contribution in [2.45, 2.75) is 18.9 Å². The van der Waals surface area contributed by atoms with E-state index in [1.165, 1.54) is 0 Å². The number of benzene rings is 2. The van der Waals surface area contributed by atoms with E-state index in [1.54, 1.807) is 43.6 Å². The largest absolute Gasteiger partial charge is 0.507 e. The summed E-state index contributed by atoms with van der Waals surface area (Å²) in [6.07, 6.45) is 3.30. The molecule has 0 unspecified atom stereocenters. The van der Waals surface area contributed by atoms with Crippen LogP contribution in [-0.4, -0.2) is 52.3 Å². The van der Waals surface area contributed by atoms with Gasteiger partial charge in [-0.05, 0) is 60.9 Å². The Morgan fingerprint density at radius 1 is 1.15 bits per heavy atom. The van der Waals surface area contributed by atoms with Gasteiger partial charge in [0.2, 0.25) is 5.88 Å². The molecule has 3 heterocycles. The van der Waals surface area contributed by atoms with Gasteiger partial charge < -0.3 is 24.9 Å². The van der Waals surface area contributed by atoms with Gasteiger partial charge in [0.05, 0.1) is 23.7 Å². The van der Waals surface area contributed by atoms with Crippen LogP contribution in [0.2, 0.25) is 0 Å². The van der Waals surface area contributed by atoms with Crippen LogP contribution < -0.4 is 10.1 Å². The zero-order valence-electron chi connectivity index (χ0n) is 18.2. The first-order valence-electron chi connectivity index (χ1n) is 10.8. The van der Waals surface area contributed by atoms with Crippen LogP contribution in [0.25, 0.3) is 33.5 Å². The van der Waals surface area contributed by atoms with Gasteiger partial charge in [0.15, 0.2) is 0 Å². The lowest BCUT2D eigenvalue weighted by atomic mass is 10.0. The molecule has 4 aromatic rings. The fourth-order valence-corrected chi connectivity index (χ4v) is 4.06. The van der Waals surface area contributed by atoms with Crippen LogP contribution in [0.1, 0.15) is 23.2 Å². The van der Waals surface area contributed by atoms with Crippen LogP contribution in [0.3, 0.4) is 0 Å². The Labute approximate surface area is 190 Å². The third-order valence-corrected chi connectivity index (χ3v) is 5.83. The molecule has 0 bridgehead atoms. The van der Waals surface area contributed by atoms with E-state index in [4.69, 9.17) is 9.47 Å². The van der Waals surface area contributed by atoms with Crippen LogP contribution >= 0.6 is 0 Å². The highest BCUT2D eigenvalue weighted by Crippen LogP contribution is 2.35. The maximum atomic E-state index is 12.7. The fraction of sp³-hybridized carbons (Fsp3) is 0.240. The smallest absolute Gasteiger partial charge is 0.251 e. The number of fused-ring (bicyclic) bond motifs is 1. The lowest BCUT2D eigenvalue weighted by molar-refractivity contribution is 0.0696. The predicted molar refractivity (Wildman–Crippen MR) is 124 cm³/mol. The molecule has 0 radical (unpaired) electrons. The van der Waals surface area contributed by atoms with Crippen LogP contribution in [0.4, 0.5) is 0 Å². The predicted octanol–water partition coefficient (Wildman–Crippen LogP) is 3.91. The number of hydrogen-bond donors (Lipinski definition) is 3. The van der Waals surface area contributed by atoms with E-state index >= 15 is 0 Å². The molecule has 168 valence electrons. The highest BCUT2D eigenvalue weighted by Gasteiger charge is 2.18. The number of nitrogens with one attached hydrogen (secondary N) is 2. The molecule has 0 atom stereocenters. The van der Waals surface area contributed by atoms with Crippen molar-refractivity contribution in [3.05, 3.63) is 60.3 Å². The van der Waals surface area contributed by atoms with Gasteiger partial charge in [-0.15, -0.1) is 0 Å². The Kier molecular flexibility index (Phi) is 5.66. The zero-order valence-corrected chi connectivity index (χ0v) is 18.2. The van der Waals surface area contributed by atoms with Crippen molar-refractivity contribution in [3.8, 4) is 34.1 Å². The molecule has 8 nitrogen and oxygen atoms in total. The number of aromatic nitrogens is 3. The number of nitrogens with zero attached hydrogens (tertiary/aromatic N) is 2. The number of hydrogen-bond acceptors (Lipinski definition) is 6. The van der Waals surface area contributed by atoms with Gasteiger partial charge in [0.25, 0.3) is 5.91 Å². The number of methoxy groups -OCH3 is 1. The van der Waals surface area contributed by atoms with E-state index < -0.39 is 0 Å². The third-order valence-electron chi connectivity index (χ3n) is 5.83. The molecule has 33 heavy (non-hydrogen) atoms. The van der Waals surface area contributed by atoms with E-state index in [2.05, 4.69) is 20.3 Å². The summed E-state index contributed by atoms with van der Waals surface area (Å²) >= 11 is 0. The lowest BCUT2D eigenvalue weighted by Gasteiger charge is -2.23. The molecule has 0 spiro atoms. The molecule has 0 saturated carbocycles. The van der Waals surface area contributed by atoms with Crippen molar-refractivity contribution >= 4 is 16.9 Å². The normalized spacial score (nSPS) is 14.3. The summed E-state index contributed by atoms with van der Waals surface area (Å²) in [4.78, 5) is 24.8. The Morgan fingerprint density at radius 2 is 2.00 bits per heavy atom. The first kappa shape index (κ1) is 21.0. The fourth-order valence-electron chi connectivity index (χ4n) is 4.06. The second-order valence-corrected chi connectivity index (χ2v) is 7.97. The highest BCUT2D eigenvalue weighted by atomic mass is 16.5.